The predicted octanol–water partition coefficient (Wildman–Crippen LogP) is 2.29. The van der Waals surface area contributed by atoms with Crippen LogP contribution < -0.4 is 5.32 Å². The van der Waals surface area contributed by atoms with Gasteiger partial charge in [-0.15, -0.1) is 6.58 Å². The standard InChI is InChI=1S/C10H15NOS/c1-2-7-13-8-5-11-9-10-4-3-6-12-10/h2-4,6,11H,1,5,7-9H2. The van der Waals surface area contributed by atoms with E-state index >= 15 is 0 Å². The zero-order valence-corrected chi connectivity index (χ0v) is 8.48. The van der Waals surface area contributed by atoms with Crippen LogP contribution in [-0.4, -0.2) is 18.1 Å². The van der Waals surface area contributed by atoms with Gasteiger partial charge in [-0.25, -0.2) is 0 Å². The van der Waals surface area contributed by atoms with Gasteiger partial charge in [-0.3, -0.25) is 0 Å². The summed E-state index contributed by atoms with van der Waals surface area (Å²) in [6, 6.07) is 3.88. The minimum atomic E-state index is 0.821. The average Bonchev–Trinajstić information content (AvgIpc) is 2.63. The van der Waals surface area contributed by atoms with Crippen molar-refractivity contribution in [3.8, 4) is 0 Å². The summed E-state index contributed by atoms with van der Waals surface area (Å²) < 4.78 is 5.18. The molecule has 0 aliphatic carbocycles. The molecule has 0 atom stereocenters. The monoisotopic (exact) mass is 197 g/mol. The summed E-state index contributed by atoms with van der Waals surface area (Å²) in [4.78, 5) is 0. The van der Waals surface area contributed by atoms with Crippen molar-refractivity contribution < 1.29 is 4.42 Å². The molecule has 0 aliphatic rings. The van der Waals surface area contributed by atoms with Gasteiger partial charge in [0.25, 0.3) is 0 Å². The van der Waals surface area contributed by atoms with Crippen LogP contribution in [0.4, 0.5) is 0 Å². The highest BCUT2D eigenvalue weighted by molar-refractivity contribution is 7.99. The summed E-state index contributed by atoms with van der Waals surface area (Å²) in [6.45, 7) is 5.50. The first-order valence-corrected chi connectivity index (χ1v) is 5.50. The second kappa shape index (κ2) is 6.80. The molecule has 1 rings (SSSR count). The fraction of sp³-hybridized carbons (Fsp3) is 0.400. The topological polar surface area (TPSA) is 25.2 Å². The van der Waals surface area contributed by atoms with Crippen molar-refractivity contribution in [3.63, 3.8) is 0 Å². The van der Waals surface area contributed by atoms with Gasteiger partial charge in [-0.1, -0.05) is 6.08 Å². The Kier molecular flexibility index (Phi) is 5.45. The van der Waals surface area contributed by atoms with Crippen LogP contribution in [0.5, 0.6) is 0 Å². The molecule has 1 aromatic rings. The molecule has 0 aliphatic heterocycles. The first-order chi connectivity index (χ1) is 6.43. The van der Waals surface area contributed by atoms with Gasteiger partial charge in [0.05, 0.1) is 12.8 Å². The number of hydrogen-bond donors (Lipinski definition) is 1. The van der Waals surface area contributed by atoms with Gasteiger partial charge in [0.2, 0.25) is 0 Å². The van der Waals surface area contributed by atoms with E-state index in [1.165, 1.54) is 0 Å². The third kappa shape index (κ3) is 4.80. The highest BCUT2D eigenvalue weighted by Crippen LogP contribution is 2.00. The number of furan rings is 1. The van der Waals surface area contributed by atoms with E-state index in [1.807, 2.05) is 30.0 Å². The van der Waals surface area contributed by atoms with E-state index in [4.69, 9.17) is 4.42 Å². The van der Waals surface area contributed by atoms with Crippen LogP contribution in [0.15, 0.2) is 35.5 Å². The first kappa shape index (κ1) is 10.4. The Morgan fingerprint density at radius 2 is 2.54 bits per heavy atom. The Morgan fingerprint density at radius 1 is 1.62 bits per heavy atom. The van der Waals surface area contributed by atoms with Crippen LogP contribution in [0.25, 0.3) is 0 Å². The number of rotatable bonds is 7. The second-order valence-corrected chi connectivity index (χ2v) is 3.77. The van der Waals surface area contributed by atoms with Crippen molar-refractivity contribution in [1.29, 1.82) is 0 Å². The summed E-state index contributed by atoms with van der Waals surface area (Å²) in [7, 11) is 0. The zero-order chi connectivity index (χ0) is 9.36. The first-order valence-electron chi connectivity index (χ1n) is 4.35. The molecule has 0 bridgehead atoms. The molecular formula is C10H15NOS. The van der Waals surface area contributed by atoms with Gasteiger partial charge in [-0.05, 0) is 12.1 Å². The van der Waals surface area contributed by atoms with Crippen LogP contribution in [0.3, 0.4) is 0 Å². The molecular weight excluding hydrogens is 182 g/mol. The van der Waals surface area contributed by atoms with Crippen LogP contribution >= 0.6 is 11.8 Å². The minimum absolute atomic E-state index is 0.821. The zero-order valence-electron chi connectivity index (χ0n) is 7.66. The van der Waals surface area contributed by atoms with E-state index in [9.17, 15) is 0 Å². The fourth-order valence-corrected chi connectivity index (χ4v) is 1.56. The van der Waals surface area contributed by atoms with Crippen LogP contribution in [0.2, 0.25) is 0 Å². The van der Waals surface area contributed by atoms with Crippen molar-refractivity contribution in [1.82, 2.24) is 5.32 Å². The van der Waals surface area contributed by atoms with Crippen LogP contribution in [-0.2, 0) is 6.54 Å². The highest BCUT2D eigenvalue weighted by atomic mass is 32.2. The van der Waals surface area contributed by atoms with Crippen LogP contribution in [0.1, 0.15) is 5.76 Å². The Labute approximate surface area is 83.4 Å². The maximum absolute atomic E-state index is 5.18. The lowest BCUT2D eigenvalue weighted by molar-refractivity contribution is 0.488. The van der Waals surface area contributed by atoms with E-state index in [0.29, 0.717) is 0 Å². The molecule has 0 unspecified atom stereocenters. The summed E-state index contributed by atoms with van der Waals surface area (Å²) in [5.41, 5.74) is 0. The predicted molar refractivity (Wildman–Crippen MR) is 57.9 cm³/mol. The normalized spacial score (nSPS) is 10.2. The maximum Gasteiger partial charge on any atom is 0.117 e. The smallest absolute Gasteiger partial charge is 0.117 e. The number of thioether (sulfide) groups is 1. The van der Waals surface area contributed by atoms with E-state index < -0.39 is 0 Å². The molecule has 0 radical (unpaired) electrons. The van der Waals surface area contributed by atoms with Crippen LogP contribution in [0, 0.1) is 0 Å². The van der Waals surface area contributed by atoms with E-state index in [1.54, 1.807) is 6.26 Å². The molecule has 72 valence electrons. The number of nitrogens with one attached hydrogen (secondary N) is 1. The molecule has 0 aromatic carbocycles. The largest absolute Gasteiger partial charge is 0.468 e. The van der Waals surface area contributed by atoms with Crippen molar-refractivity contribution >= 4 is 11.8 Å². The van der Waals surface area contributed by atoms with Gasteiger partial charge >= 0.3 is 0 Å². The molecule has 3 heteroatoms. The Morgan fingerprint density at radius 3 is 3.23 bits per heavy atom. The molecule has 1 aromatic heterocycles. The lowest BCUT2D eigenvalue weighted by Gasteiger charge is -2.00. The summed E-state index contributed by atoms with van der Waals surface area (Å²) in [6.07, 6.45) is 3.63. The van der Waals surface area contributed by atoms with E-state index in [0.717, 1.165) is 30.4 Å². The molecule has 2 nitrogen and oxygen atoms in total. The molecule has 0 fully saturated rings. The van der Waals surface area contributed by atoms with E-state index in [-0.39, 0.29) is 0 Å². The summed E-state index contributed by atoms with van der Waals surface area (Å²) in [5.74, 6) is 3.14. The lowest BCUT2D eigenvalue weighted by Crippen LogP contribution is -2.16. The Hall–Kier alpha value is -0.670. The number of hydrogen-bond acceptors (Lipinski definition) is 3. The van der Waals surface area contributed by atoms with Crippen molar-refractivity contribution in [3.05, 3.63) is 36.8 Å². The van der Waals surface area contributed by atoms with Crippen molar-refractivity contribution in [2.24, 2.45) is 0 Å². The van der Waals surface area contributed by atoms with Crippen molar-refractivity contribution in [2.75, 3.05) is 18.1 Å². The molecule has 0 amide bonds. The Balaban J connectivity index is 1.93. The molecule has 1 heterocycles. The molecule has 0 saturated heterocycles. The third-order valence-electron chi connectivity index (χ3n) is 1.54. The van der Waals surface area contributed by atoms with Gasteiger partial charge in [-0.2, -0.15) is 11.8 Å². The fourth-order valence-electron chi connectivity index (χ4n) is 0.936. The maximum atomic E-state index is 5.18. The SMILES string of the molecule is C=CCSCCNCc1ccco1. The third-order valence-corrected chi connectivity index (χ3v) is 2.50. The van der Waals surface area contributed by atoms with Gasteiger partial charge in [0, 0.05) is 18.1 Å². The minimum Gasteiger partial charge on any atom is -0.468 e. The molecule has 0 spiro atoms. The van der Waals surface area contributed by atoms with Crippen molar-refractivity contribution in [2.45, 2.75) is 6.54 Å². The summed E-state index contributed by atoms with van der Waals surface area (Å²) in [5, 5.41) is 3.30. The highest BCUT2D eigenvalue weighted by Gasteiger charge is 1.93. The second-order valence-electron chi connectivity index (χ2n) is 2.62. The molecule has 13 heavy (non-hydrogen) atoms. The van der Waals surface area contributed by atoms with Gasteiger partial charge in [0.1, 0.15) is 5.76 Å². The molecule has 1 N–H and O–H groups in total. The average molecular weight is 197 g/mol. The molecule has 0 saturated carbocycles. The van der Waals surface area contributed by atoms with E-state index in [2.05, 4.69) is 11.9 Å². The van der Waals surface area contributed by atoms with Gasteiger partial charge < -0.3 is 9.73 Å². The lowest BCUT2D eigenvalue weighted by atomic mass is 10.4. The van der Waals surface area contributed by atoms with Gasteiger partial charge in [0.15, 0.2) is 0 Å². The quantitative estimate of drug-likeness (QED) is 0.536. The summed E-state index contributed by atoms with van der Waals surface area (Å²) >= 11 is 1.88. The Bertz CT molecular complexity index is 221.